The summed E-state index contributed by atoms with van der Waals surface area (Å²) in [6, 6.07) is 3.96. The molecule has 2 aromatic rings. The van der Waals surface area contributed by atoms with Gasteiger partial charge in [0.05, 0.1) is 4.88 Å². The summed E-state index contributed by atoms with van der Waals surface area (Å²) in [6.45, 7) is 13.3. The molecule has 0 spiro atoms. The van der Waals surface area contributed by atoms with Gasteiger partial charge in [0, 0.05) is 18.0 Å². The molecule has 0 fully saturated rings. The lowest BCUT2D eigenvalue weighted by atomic mass is 10.2. The van der Waals surface area contributed by atoms with Crippen molar-refractivity contribution in [3.05, 3.63) is 29.4 Å². The molecule has 2 aromatic heterocycles. The lowest BCUT2D eigenvalue weighted by Gasteiger charge is -2.35. The second-order valence-corrected chi connectivity index (χ2v) is 12.4. The topological polar surface area (TPSA) is 35.0 Å². The van der Waals surface area contributed by atoms with Gasteiger partial charge in [0.1, 0.15) is 5.01 Å². The van der Waals surface area contributed by atoms with Crippen LogP contribution in [0.5, 0.6) is 5.88 Å². The largest absolute Gasteiger partial charge is 0.530 e. The van der Waals surface area contributed by atoms with Gasteiger partial charge in [-0.15, -0.1) is 11.3 Å². The Kier molecular flexibility index (Phi) is 4.02. The third kappa shape index (κ3) is 3.10. The summed E-state index contributed by atoms with van der Waals surface area (Å²) in [5.74, 6) is 0.792. The molecule has 2 rings (SSSR count). The first-order valence-electron chi connectivity index (χ1n) is 6.77. The van der Waals surface area contributed by atoms with Crippen molar-refractivity contribution in [3.63, 3.8) is 0 Å². The van der Waals surface area contributed by atoms with Crippen molar-refractivity contribution in [1.29, 1.82) is 0 Å². The third-order valence-electron chi connectivity index (χ3n) is 3.82. The van der Waals surface area contributed by atoms with Crippen molar-refractivity contribution in [1.82, 2.24) is 9.97 Å². The van der Waals surface area contributed by atoms with Gasteiger partial charge >= 0.3 is 0 Å². The van der Waals surface area contributed by atoms with Crippen LogP contribution in [-0.4, -0.2) is 18.3 Å². The van der Waals surface area contributed by atoms with E-state index in [2.05, 4.69) is 50.8 Å². The Morgan fingerprint density at radius 1 is 1.25 bits per heavy atom. The second-order valence-electron chi connectivity index (χ2n) is 6.48. The highest BCUT2D eigenvalue weighted by atomic mass is 32.1. The molecule has 0 aromatic carbocycles. The van der Waals surface area contributed by atoms with E-state index in [0.29, 0.717) is 0 Å². The van der Waals surface area contributed by atoms with Gasteiger partial charge in [0.2, 0.25) is 5.88 Å². The van der Waals surface area contributed by atoms with Crippen LogP contribution in [0.4, 0.5) is 0 Å². The first-order valence-corrected chi connectivity index (χ1v) is 10.5. The molecule has 0 bridgehead atoms. The molecule has 0 aliphatic rings. The summed E-state index contributed by atoms with van der Waals surface area (Å²) in [6.07, 6.45) is 3.62. The minimum atomic E-state index is -1.84. The van der Waals surface area contributed by atoms with Gasteiger partial charge in [-0.25, -0.2) is 4.98 Å². The van der Waals surface area contributed by atoms with E-state index in [9.17, 15) is 0 Å². The second kappa shape index (κ2) is 5.29. The fourth-order valence-corrected chi connectivity index (χ4v) is 3.38. The highest BCUT2D eigenvalue weighted by Gasteiger charge is 2.39. The zero-order valence-electron chi connectivity index (χ0n) is 13.0. The Hall–Kier alpha value is -1.20. The van der Waals surface area contributed by atoms with Gasteiger partial charge in [0.25, 0.3) is 8.32 Å². The van der Waals surface area contributed by atoms with Crippen LogP contribution in [0.15, 0.2) is 24.5 Å². The van der Waals surface area contributed by atoms with Gasteiger partial charge < -0.3 is 4.43 Å². The third-order valence-corrected chi connectivity index (χ3v) is 9.14. The van der Waals surface area contributed by atoms with E-state index in [1.54, 1.807) is 17.5 Å². The summed E-state index contributed by atoms with van der Waals surface area (Å²) < 4.78 is 6.32. The van der Waals surface area contributed by atoms with Crippen LogP contribution in [-0.2, 0) is 0 Å². The fourth-order valence-electron chi connectivity index (χ4n) is 1.48. The molecule has 3 nitrogen and oxygen atoms in total. The Balaban J connectivity index is 2.30. The van der Waals surface area contributed by atoms with Crippen molar-refractivity contribution >= 4 is 19.7 Å². The van der Waals surface area contributed by atoms with E-state index >= 15 is 0 Å². The molecule has 0 atom stereocenters. The predicted octanol–water partition coefficient (Wildman–Crippen LogP) is 4.90. The average molecular weight is 307 g/mol. The normalized spacial score (nSPS) is 12.5. The van der Waals surface area contributed by atoms with Crippen LogP contribution in [0.3, 0.4) is 0 Å². The molecule has 0 unspecified atom stereocenters. The molecule has 0 radical (unpaired) electrons. The van der Waals surface area contributed by atoms with Gasteiger partial charge in [-0.1, -0.05) is 20.8 Å². The highest BCUT2D eigenvalue weighted by Crippen LogP contribution is 2.39. The minimum absolute atomic E-state index is 0.178. The van der Waals surface area contributed by atoms with Gasteiger partial charge in [-0.3, -0.25) is 4.98 Å². The van der Waals surface area contributed by atoms with Crippen molar-refractivity contribution in [2.24, 2.45) is 0 Å². The molecule has 2 heterocycles. The van der Waals surface area contributed by atoms with E-state index in [1.807, 2.05) is 18.3 Å². The molecular weight excluding hydrogens is 284 g/mol. The number of pyridine rings is 1. The SMILES string of the molecule is Cc1sc(-c2cccnc2)nc1O[Si](C)(C)C(C)(C)C. The summed E-state index contributed by atoms with van der Waals surface area (Å²) in [4.78, 5) is 9.95. The van der Waals surface area contributed by atoms with E-state index < -0.39 is 8.32 Å². The maximum atomic E-state index is 6.32. The van der Waals surface area contributed by atoms with Crippen LogP contribution >= 0.6 is 11.3 Å². The lowest BCUT2D eigenvalue weighted by molar-refractivity contribution is 0.477. The zero-order valence-corrected chi connectivity index (χ0v) is 14.8. The van der Waals surface area contributed by atoms with Crippen LogP contribution in [0.25, 0.3) is 10.6 Å². The Labute approximate surface area is 126 Å². The Morgan fingerprint density at radius 2 is 1.95 bits per heavy atom. The number of hydrogen-bond acceptors (Lipinski definition) is 4. The minimum Gasteiger partial charge on any atom is -0.530 e. The molecule has 0 aliphatic heterocycles. The molecule has 0 N–H and O–H groups in total. The summed E-state index contributed by atoms with van der Waals surface area (Å²) in [5.41, 5.74) is 1.05. The monoisotopic (exact) mass is 306 g/mol. The van der Waals surface area contributed by atoms with Gasteiger partial charge in [0.15, 0.2) is 0 Å². The van der Waals surface area contributed by atoms with Crippen LogP contribution in [0, 0.1) is 6.92 Å². The van der Waals surface area contributed by atoms with E-state index in [1.165, 1.54) is 0 Å². The number of nitrogens with zero attached hydrogens (tertiary/aromatic N) is 2. The van der Waals surface area contributed by atoms with E-state index in [-0.39, 0.29) is 5.04 Å². The lowest BCUT2D eigenvalue weighted by Crippen LogP contribution is -2.44. The Bertz CT molecular complexity index is 588. The average Bonchev–Trinajstić information content (AvgIpc) is 2.70. The maximum Gasteiger partial charge on any atom is 0.252 e. The van der Waals surface area contributed by atoms with Gasteiger partial charge in [-0.2, -0.15) is 0 Å². The molecule has 20 heavy (non-hydrogen) atoms. The van der Waals surface area contributed by atoms with E-state index in [0.717, 1.165) is 21.3 Å². The first kappa shape index (κ1) is 15.2. The molecule has 0 saturated carbocycles. The molecule has 0 amide bonds. The predicted molar refractivity (Wildman–Crippen MR) is 87.9 cm³/mol. The summed E-state index contributed by atoms with van der Waals surface area (Å²) in [7, 11) is -1.84. The van der Waals surface area contributed by atoms with Gasteiger partial charge in [-0.05, 0) is 37.2 Å². The zero-order chi connectivity index (χ0) is 15.0. The fraction of sp³-hybridized carbons (Fsp3) is 0.467. The summed E-state index contributed by atoms with van der Waals surface area (Å²) in [5, 5.41) is 1.15. The standard InChI is InChI=1S/C15H22N2OSSi/c1-11-13(18-20(5,6)15(2,3)4)17-14(19-11)12-8-7-9-16-10-12/h7-10H,1-6H3. The van der Waals surface area contributed by atoms with Crippen molar-refractivity contribution in [2.45, 2.75) is 45.8 Å². The van der Waals surface area contributed by atoms with Crippen LogP contribution < -0.4 is 4.43 Å². The highest BCUT2D eigenvalue weighted by molar-refractivity contribution is 7.15. The van der Waals surface area contributed by atoms with Crippen LogP contribution in [0.1, 0.15) is 25.6 Å². The summed E-state index contributed by atoms with van der Waals surface area (Å²) >= 11 is 1.66. The molecule has 0 aliphatic carbocycles. The molecular formula is C15H22N2OSSi. The molecule has 5 heteroatoms. The number of rotatable bonds is 3. The number of aryl methyl sites for hydroxylation is 1. The number of aromatic nitrogens is 2. The number of thiazole rings is 1. The molecule has 0 saturated heterocycles. The first-order chi connectivity index (χ1) is 9.21. The molecule has 108 valence electrons. The van der Waals surface area contributed by atoms with Crippen LogP contribution in [0.2, 0.25) is 18.1 Å². The maximum absolute atomic E-state index is 6.32. The van der Waals surface area contributed by atoms with Crippen molar-refractivity contribution < 1.29 is 4.43 Å². The van der Waals surface area contributed by atoms with Crippen molar-refractivity contribution in [3.8, 4) is 16.5 Å². The number of hydrogen-bond donors (Lipinski definition) is 0. The van der Waals surface area contributed by atoms with E-state index in [4.69, 9.17) is 4.43 Å². The quantitative estimate of drug-likeness (QED) is 0.757. The smallest absolute Gasteiger partial charge is 0.252 e. The van der Waals surface area contributed by atoms with Crippen molar-refractivity contribution in [2.75, 3.05) is 0 Å². The Morgan fingerprint density at radius 3 is 2.50 bits per heavy atom.